The number of carbonyl (C=O) groups is 1. The topological polar surface area (TPSA) is 64.1 Å². The minimum absolute atomic E-state index is 0.0544. The van der Waals surface area contributed by atoms with Crippen molar-refractivity contribution >= 4 is 38.3 Å². The molecule has 0 bridgehead atoms. The summed E-state index contributed by atoms with van der Waals surface area (Å²) in [5.41, 5.74) is 1.55. The maximum Gasteiger partial charge on any atom is 0.264 e. The fourth-order valence-electron chi connectivity index (χ4n) is 1.06. The third-order valence-electron chi connectivity index (χ3n) is 1.79. The van der Waals surface area contributed by atoms with Crippen molar-refractivity contribution in [3.63, 3.8) is 0 Å². The standard InChI is InChI=1S/C10H8BrN3O2S/c11-7-1-3-8(4-2-7)16-5-9(15)13-10-14-12-6-17-10/h1-4,6H,5H2,(H,13,14,15). The molecule has 1 amide bonds. The van der Waals surface area contributed by atoms with E-state index in [9.17, 15) is 4.79 Å². The first-order valence-corrected chi connectivity index (χ1v) is 6.36. The van der Waals surface area contributed by atoms with Gasteiger partial charge in [0.1, 0.15) is 11.3 Å². The number of amides is 1. The lowest BCUT2D eigenvalue weighted by molar-refractivity contribution is -0.118. The summed E-state index contributed by atoms with van der Waals surface area (Å²) < 4.78 is 6.26. The van der Waals surface area contributed by atoms with Crippen LogP contribution >= 0.6 is 27.3 Å². The molecule has 0 aliphatic carbocycles. The Morgan fingerprint density at radius 3 is 2.82 bits per heavy atom. The summed E-state index contributed by atoms with van der Waals surface area (Å²) in [6.07, 6.45) is 0. The van der Waals surface area contributed by atoms with Gasteiger partial charge in [0.05, 0.1) is 0 Å². The predicted molar refractivity (Wildman–Crippen MR) is 68.2 cm³/mol. The van der Waals surface area contributed by atoms with E-state index < -0.39 is 0 Å². The van der Waals surface area contributed by atoms with Crippen LogP contribution in [-0.4, -0.2) is 22.7 Å². The van der Waals surface area contributed by atoms with Crippen molar-refractivity contribution in [3.05, 3.63) is 34.2 Å². The molecule has 0 spiro atoms. The van der Waals surface area contributed by atoms with Gasteiger partial charge in [-0.3, -0.25) is 10.1 Å². The van der Waals surface area contributed by atoms with Gasteiger partial charge in [-0.2, -0.15) is 0 Å². The Labute approximate surface area is 110 Å². The maximum absolute atomic E-state index is 11.4. The number of halogens is 1. The quantitative estimate of drug-likeness (QED) is 0.940. The van der Waals surface area contributed by atoms with Gasteiger partial charge in [0, 0.05) is 4.47 Å². The van der Waals surface area contributed by atoms with Gasteiger partial charge in [0.15, 0.2) is 6.61 Å². The Morgan fingerprint density at radius 2 is 2.18 bits per heavy atom. The summed E-state index contributed by atoms with van der Waals surface area (Å²) in [6, 6.07) is 7.25. The Hall–Kier alpha value is -1.47. The number of nitrogens with zero attached hydrogens (tertiary/aromatic N) is 2. The number of benzene rings is 1. The average Bonchev–Trinajstić information content (AvgIpc) is 2.81. The molecule has 0 unspecified atom stereocenters. The van der Waals surface area contributed by atoms with E-state index >= 15 is 0 Å². The molecule has 0 radical (unpaired) electrons. The first-order valence-electron chi connectivity index (χ1n) is 4.68. The minimum Gasteiger partial charge on any atom is -0.484 e. The highest BCUT2D eigenvalue weighted by Crippen LogP contribution is 2.16. The van der Waals surface area contributed by atoms with Gasteiger partial charge in [-0.15, -0.1) is 10.2 Å². The van der Waals surface area contributed by atoms with Crippen molar-refractivity contribution in [1.29, 1.82) is 0 Å². The molecule has 7 heteroatoms. The van der Waals surface area contributed by atoms with Crippen molar-refractivity contribution in [2.75, 3.05) is 11.9 Å². The molecule has 2 aromatic rings. The van der Waals surface area contributed by atoms with E-state index in [1.54, 1.807) is 17.6 Å². The Bertz CT molecular complexity index is 487. The summed E-state index contributed by atoms with van der Waals surface area (Å²) in [6.45, 7) is -0.0544. The van der Waals surface area contributed by atoms with Crippen molar-refractivity contribution in [2.45, 2.75) is 0 Å². The van der Waals surface area contributed by atoms with E-state index in [1.807, 2.05) is 12.1 Å². The molecule has 1 N–H and O–H groups in total. The van der Waals surface area contributed by atoms with Gasteiger partial charge in [-0.25, -0.2) is 0 Å². The number of rotatable bonds is 4. The molecule has 88 valence electrons. The highest BCUT2D eigenvalue weighted by atomic mass is 79.9. The van der Waals surface area contributed by atoms with Crippen LogP contribution in [0.1, 0.15) is 0 Å². The Morgan fingerprint density at radius 1 is 1.41 bits per heavy atom. The van der Waals surface area contributed by atoms with Crippen LogP contribution in [0.5, 0.6) is 5.75 Å². The summed E-state index contributed by atoms with van der Waals surface area (Å²) in [7, 11) is 0. The lowest BCUT2D eigenvalue weighted by Gasteiger charge is -2.05. The number of hydrogen-bond donors (Lipinski definition) is 1. The fourth-order valence-corrected chi connectivity index (χ4v) is 1.79. The van der Waals surface area contributed by atoms with Crippen molar-refractivity contribution < 1.29 is 9.53 Å². The SMILES string of the molecule is O=C(COc1ccc(Br)cc1)Nc1nncs1. The number of carbonyl (C=O) groups excluding carboxylic acids is 1. The first kappa shape index (κ1) is 12.0. The van der Waals surface area contributed by atoms with E-state index in [1.165, 1.54) is 11.3 Å². The second-order valence-corrected chi connectivity index (χ2v) is 4.78. The lowest BCUT2D eigenvalue weighted by atomic mass is 10.3. The molecule has 0 fully saturated rings. The highest BCUT2D eigenvalue weighted by molar-refractivity contribution is 9.10. The number of anilines is 1. The van der Waals surface area contributed by atoms with Crippen molar-refractivity contribution in [3.8, 4) is 5.75 Å². The van der Waals surface area contributed by atoms with Crippen LogP contribution in [-0.2, 0) is 4.79 Å². The molecule has 1 aromatic heterocycles. The monoisotopic (exact) mass is 313 g/mol. The molecule has 0 saturated heterocycles. The molecule has 1 aromatic carbocycles. The van der Waals surface area contributed by atoms with Crippen molar-refractivity contribution in [2.24, 2.45) is 0 Å². The molecular weight excluding hydrogens is 306 g/mol. The third-order valence-corrected chi connectivity index (χ3v) is 2.93. The average molecular weight is 314 g/mol. The number of ether oxygens (including phenoxy) is 1. The second-order valence-electron chi connectivity index (χ2n) is 3.03. The number of nitrogens with one attached hydrogen (secondary N) is 1. The zero-order chi connectivity index (χ0) is 12.1. The van der Waals surface area contributed by atoms with Crippen LogP contribution in [0.4, 0.5) is 5.13 Å². The van der Waals surface area contributed by atoms with E-state index in [4.69, 9.17) is 4.74 Å². The number of aromatic nitrogens is 2. The van der Waals surface area contributed by atoms with Crippen LogP contribution < -0.4 is 10.1 Å². The largest absolute Gasteiger partial charge is 0.484 e. The van der Waals surface area contributed by atoms with E-state index in [0.717, 1.165) is 4.47 Å². The normalized spacial score (nSPS) is 9.94. The zero-order valence-electron chi connectivity index (χ0n) is 8.59. The molecule has 17 heavy (non-hydrogen) atoms. The van der Waals surface area contributed by atoms with Crippen LogP contribution in [0.25, 0.3) is 0 Å². The summed E-state index contributed by atoms with van der Waals surface area (Å²) in [5, 5.41) is 10.4. The fraction of sp³-hybridized carbons (Fsp3) is 0.100. The molecule has 0 aliphatic heterocycles. The van der Waals surface area contributed by atoms with Crippen LogP contribution in [0.3, 0.4) is 0 Å². The Kier molecular flexibility index (Phi) is 4.05. The molecule has 0 saturated carbocycles. The zero-order valence-corrected chi connectivity index (χ0v) is 11.0. The molecule has 5 nitrogen and oxygen atoms in total. The summed E-state index contributed by atoms with van der Waals surface area (Å²) in [4.78, 5) is 11.4. The molecule has 1 heterocycles. The van der Waals surface area contributed by atoms with Gasteiger partial charge in [0.2, 0.25) is 5.13 Å². The highest BCUT2D eigenvalue weighted by Gasteiger charge is 2.05. The van der Waals surface area contributed by atoms with Gasteiger partial charge < -0.3 is 4.74 Å². The maximum atomic E-state index is 11.4. The smallest absolute Gasteiger partial charge is 0.264 e. The van der Waals surface area contributed by atoms with E-state index in [2.05, 4.69) is 31.4 Å². The van der Waals surface area contributed by atoms with Gasteiger partial charge >= 0.3 is 0 Å². The van der Waals surface area contributed by atoms with Gasteiger partial charge in [0.25, 0.3) is 5.91 Å². The molecule has 2 rings (SSSR count). The first-order chi connectivity index (χ1) is 8.24. The van der Waals surface area contributed by atoms with Gasteiger partial charge in [-0.1, -0.05) is 27.3 Å². The Balaban J connectivity index is 1.82. The van der Waals surface area contributed by atoms with E-state index in [0.29, 0.717) is 10.9 Å². The van der Waals surface area contributed by atoms with Crippen LogP contribution in [0, 0.1) is 0 Å². The molecule has 0 atom stereocenters. The molecular formula is C10H8BrN3O2S. The lowest BCUT2D eigenvalue weighted by Crippen LogP contribution is -2.20. The van der Waals surface area contributed by atoms with Crippen molar-refractivity contribution in [1.82, 2.24) is 10.2 Å². The van der Waals surface area contributed by atoms with Gasteiger partial charge in [-0.05, 0) is 24.3 Å². The number of hydrogen-bond acceptors (Lipinski definition) is 5. The second kappa shape index (κ2) is 5.74. The summed E-state index contributed by atoms with van der Waals surface area (Å²) >= 11 is 4.58. The molecule has 0 aliphatic rings. The van der Waals surface area contributed by atoms with E-state index in [-0.39, 0.29) is 12.5 Å². The minimum atomic E-state index is -0.260. The summed E-state index contributed by atoms with van der Waals surface area (Å²) in [5.74, 6) is 0.380. The predicted octanol–water partition coefficient (Wildman–Crippen LogP) is 2.32. The third kappa shape index (κ3) is 3.79. The van der Waals surface area contributed by atoms with Crippen LogP contribution in [0.15, 0.2) is 34.2 Å². The van der Waals surface area contributed by atoms with Crippen LogP contribution in [0.2, 0.25) is 0 Å².